The molecule has 0 saturated heterocycles. The number of ether oxygens (including phenoxy) is 1. The van der Waals surface area contributed by atoms with Gasteiger partial charge in [0.1, 0.15) is 11.6 Å². The molecule has 10 nitrogen and oxygen atoms in total. The Morgan fingerprint density at radius 2 is 2.00 bits per heavy atom. The molecule has 3 aromatic rings. The predicted octanol–water partition coefficient (Wildman–Crippen LogP) is 1.97. The number of nitro benzene ring substituents is 1. The highest BCUT2D eigenvalue weighted by Crippen LogP contribution is 2.29. The third-order valence-electron chi connectivity index (χ3n) is 4.01. The number of nitro groups is 1. The maximum atomic E-state index is 12.5. The minimum atomic E-state index is -3.96. The monoisotopic (exact) mass is 403 g/mol. The molecule has 0 unspecified atom stereocenters. The van der Waals surface area contributed by atoms with E-state index in [1.807, 2.05) is 6.92 Å². The largest absolute Gasteiger partial charge is 0.490 e. The fraction of sp³-hybridized carbons (Fsp3) is 0.176. The molecule has 0 fully saturated rings. The fourth-order valence-corrected chi connectivity index (χ4v) is 3.60. The average molecular weight is 403 g/mol. The van der Waals surface area contributed by atoms with Gasteiger partial charge in [0.05, 0.1) is 16.9 Å². The summed E-state index contributed by atoms with van der Waals surface area (Å²) in [7, 11) is -2.69. The highest BCUT2D eigenvalue weighted by Gasteiger charge is 2.22. The van der Waals surface area contributed by atoms with Crippen LogP contribution in [0.2, 0.25) is 0 Å². The van der Waals surface area contributed by atoms with Gasteiger partial charge in [-0.25, -0.2) is 23.1 Å². The Morgan fingerprint density at radius 3 is 2.64 bits per heavy atom. The average Bonchev–Trinajstić information content (AvgIpc) is 3.12. The third-order valence-corrected chi connectivity index (χ3v) is 5.41. The Morgan fingerprint density at radius 1 is 1.21 bits per heavy atom. The molecular weight excluding hydrogens is 386 g/mol. The maximum Gasteiger partial charge on any atom is 0.312 e. The number of nitrogens with zero attached hydrogens (tertiary/aromatic N) is 4. The first-order chi connectivity index (χ1) is 13.3. The van der Waals surface area contributed by atoms with Crippen molar-refractivity contribution < 1.29 is 18.1 Å². The highest BCUT2D eigenvalue weighted by atomic mass is 32.2. The zero-order valence-electron chi connectivity index (χ0n) is 15.1. The Balaban J connectivity index is 1.82. The van der Waals surface area contributed by atoms with Gasteiger partial charge >= 0.3 is 5.69 Å². The van der Waals surface area contributed by atoms with Crippen molar-refractivity contribution in [3.05, 3.63) is 70.4 Å². The summed E-state index contributed by atoms with van der Waals surface area (Å²) in [5.74, 6) is 1.33. The second-order valence-electron chi connectivity index (χ2n) is 5.78. The summed E-state index contributed by atoms with van der Waals surface area (Å²) in [4.78, 5) is 18.6. The smallest absolute Gasteiger partial charge is 0.312 e. The van der Waals surface area contributed by atoms with Crippen LogP contribution < -0.4 is 9.46 Å². The van der Waals surface area contributed by atoms with Gasteiger partial charge < -0.3 is 4.74 Å². The van der Waals surface area contributed by atoms with Crippen molar-refractivity contribution in [2.24, 2.45) is 0 Å². The third kappa shape index (κ3) is 4.00. The summed E-state index contributed by atoms with van der Waals surface area (Å²) in [6, 6.07) is 6.87. The van der Waals surface area contributed by atoms with Crippen molar-refractivity contribution in [3.8, 4) is 11.6 Å². The van der Waals surface area contributed by atoms with Crippen molar-refractivity contribution in [2.75, 3.05) is 7.11 Å². The second kappa shape index (κ2) is 7.74. The van der Waals surface area contributed by atoms with Crippen LogP contribution in [0.5, 0.6) is 5.75 Å². The number of imidazole rings is 1. The van der Waals surface area contributed by atoms with Crippen LogP contribution >= 0.6 is 0 Å². The van der Waals surface area contributed by atoms with Gasteiger partial charge in [0, 0.05) is 31.2 Å². The molecule has 2 heterocycles. The van der Waals surface area contributed by atoms with E-state index in [4.69, 9.17) is 4.74 Å². The van der Waals surface area contributed by atoms with E-state index in [-0.39, 0.29) is 17.2 Å². The van der Waals surface area contributed by atoms with Crippen LogP contribution in [0.4, 0.5) is 5.69 Å². The Kier molecular flexibility index (Phi) is 5.38. The van der Waals surface area contributed by atoms with E-state index in [0.717, 1.165) is 11.9 Å². The van der Waals surface area contributed by atoms with Crippen molar-refractivity contribution in [1.82, 2.24) is 19.3 Å². The molecular formula is C17H17N5O5S. The van der Waals surface area contributed by atoms with Gasteiger partial charge in [0.2, 0.25) is 10.0 Å². The van der Waals surface area contributed by atoms with Gasteiger partial charge in [-0.05, 0) is 36.8 Å². The number of aryl methyl sites for hydroxylation is 1. The van der Waals surface area contributed by atoms with Crippen LogP contribution in [-0.2, 0) is 16.6 Å². The van der Waals surface area contributed by atoms with Crippen molar-refractivity contribution in [2.45, 2.75) is 18.4 Å². The molecule has 1 N–H and O–H groups in total. The normalized spacial score (nSPS) is 11.4. The molecule has 0 bridgehead atoms. The number of nitrogens with one attached hydrogen (secondary N) is 1. The predicted molar refractivity (Wildman–Crippen MR) is 99.8 cm³/mol. The number of rotatable bonds is 7. The number of sulfonamides is 1. The SMILES string of the molecule is COc1ccc(S(=O)(=O)NCc2ccnc(-n3ccnc3C)c2)cc1[N+](=O)[O-]. The lowest BCUT2D eigenvalue weighted by Gasteiger charge is -2.10. The molecule has 28 heavy (non-hydrogen) atoms. The summed E-state index contributed by atoms with van der Waals surface area (Å²) in [5.41, 5.74) is 0.247. The summed E-state index contributed by atoms with van der Waals surface area (Å²) >= 11 is 0. The summed E-state index contributed by atoms with van der Waals surface area (Å²) in [5, 5.41) is 11.1. The molecule has 0 atom stereocenters. The number of hydrogen-bond donors (Lipinski definition) is 1. The van der Waals surface area contributed by atoms with Crippen molar-refractivity contribution in [1.29, 1.82) is 0 Å². The first-order valence-corrected chi connectivity index (χ1v) is 9.57. The Hall–Kier alpha value is -3.31. The molecule has 146 valence electrons. The lowest BCUT2D eigenvalue weighted by molar-refractivity contribution is -0.386. The van der Waals surface area contributed by atoms with Gasteiger partial charge in [-0.15, -0.1) is 0 Å². The van der Waals surface area contributed by atoms with E-state index in [1.165, 1.54) is 19.2 Å². The molecule has 0 spiro atoms. The number of methoxy groups -OCH3 is 1. The molecule has 1 aromatic carbocycles. The van der Waals surface area contributed by atoms with Gasteiger partial charge in [0.15, 0.2) is 5.75 Å². The molecule has 3 rings (SSSR count). The summed E-state index contributed by atoms with van der Waals surface area (Å²) < 4.78 is 34.2. The topological polar surface area (TPSA) is 129 Å². The molecule has 0 aliphatic heterocycles. The molecule has 11 heteroatoms. The zero-order chi connectivity index (χ0) is 20.3. The molecule has 0 radical (unpaired) electrons. The summed E-state index contributed by atoms with van der Waals surface area (Å²) in [6.07, 6.45) is 4.96. The van der Waals surface area contributed by atoms with Gasteiger partial charge in [0.25, 0.3) is 0 Å². The number of aromatic nitrogens is 3. The van der Waals surface area contributed by atoms with E-state index in [0.29, 0.717) is 11.4 Å². The zero-order valence-corrected chi connectivity index (χ0v) is 15.9. The Labute approximate surface area is 161 Å². The van der Waals surface area contributed by atoms with E-state index in [9.17, 15) is 18.5 Å². The van der Waals surface area contributed by atoms with Crippen LogP contribution in [-0.4, -0.2) is 35.0 Å². The quantitative estimate of drug-likeness (QED) is 0.471. The van der Waals surface area contributed by atoms with E-state index < -0.39 is 20.6 Å². The maximum absolute atomic E-state index is 12.5. The highest BCUT2D eigenvalue weighted by molar-refractivity contribution is 7.89. The molecule has 0 aliphatic rings. The molecule has 0 aliphatic carbocycles. The van der Waals surface area contributed by atoms with Gasteiger partial charge in [-0.2, -0.15) is 0 Å². The van der Waals surface area contributed by atoms with E-state index in [1.54, 1.807) is 35.3 Å². The minimum Gasteiger partial charge on any atom is -0.490 e. The first-order valence-electron chi connectivity index (χ1n) is 8.09. The van der Waals surface area contributed by atoms with Crippen LogP contribution in [0.15, 0.2) is 53.8 Å². The first kappa shape index (κ1) is 19.5. The van der Waals surface area contributed by atoms with Crippen LogP contribution in [0.3, 0.4) is 0 Å². The molecule has 0 saturated carbocycles. The molecule has 2 aromatic heterocycles. The number of pyridine rings is 1. The standard InChI is InChI=1S/C17H17N5O5S/c1-12-18-7-8-21(12)17-9-13(5-6-19-17)11-20-28(25,26)14-3-4-16(27-2)15(10-14)22(23)24/h3-10,20H,11H2,1-2H3. The summed E-state index contributed by atoms with van der Waals surface area (Å²) in [6.45, 7) is 1.82. The molecule has 0 amide bonds. The van der Waals surface area contributed by atoms with Crippen molar-refractivity contribution in [3.63, 3.8) is 0 Å². The lowest BCUT2D eigenvalue weighted by atomic mass is 10.2. The Bertz CT molecular complexity index is 1130. The van der Waals surface area contributed by atoms with Gasteiger partial charge in [-0.1, -0.05) is 0 Å². The lowest BCUT2D eigenvalue weighted by Crippen LogP contribution is -2.23. The number of hydrogen-bond acceptors (Lipinski definition) is 7. The van der Waals surface area contributed by atoms with E-state index in [2.05, 4.69) is 14.7 Å². The van der Waals surface area contributed by atoms with Crippen LogP contribution in [0, 0.1) is 17.0 Å². The fourth-order valence-electron chi connectivity index (χ4n) is 2.56. The van der Waals surface area contributed by atoms with Gasteiger partial charge in [-0.3, -0.25) is 14.7 Å². The second-order valence-corrected chi connectivity index (χ2v) is 7.55. The van der Waals surface area contributed by atoms with Crippen LogP contribution in [0.1, 0.15) is 11.4 Å². The van der Waals surface area contributed by atoms with Crippen molar-refractivity contribution >= 4 is 15.7 Å². The minimum absolute atomic E-state index is 0.00851. The van der Waals surface area contributed by atoms with E-state index >= 15 is 0 Å². The van der Waals surface area contributed by atoms with Crippen LogP contribution in [0.25, 0.3) is 5.82 Å². The number of benzene rings is 1.